The number of nitrogens with zero attached hydrogens (tertiary/aromatic N) is 1. The molecule has 0 saturated heterocycles. The number of carbonyl (C=O) groups is 2. The molecule has 7 nitrogen and oxygen atoms in total. The molecule has 0 unspecified atom stereocenters. The number of aromatic nitrogens is 1. The molecule has 1 heterocycles. The van der Waals surface area contributed by atoms with Crippen molar-refractivity contribution in [3.05, 3.63) is 83.2 Å². The van der Waals surface area contributed by atoms with Crippen molar-refractivity contribution < 1.29 is 37.0 Å². The number of amides is 1. The quantitative estimate of drug-likeness (QED) is 0.432. The number of methoxy groups -OCH3 is 2. The molecule has 1 amide bonds. The van der Waals surface area contributed by atoms with Gasteiger partial charge >= 0.3 is 12.1 Å². The molecule has 2 aromatic carbocycles. The smallest absolute Gasteiger partial charge is 0.416 e. The highest BCUT2D eigenvalue weighted by molar-refractivity contribution is 6.05. The molecule has 1 N–H and O–H groups in total. The van der Waals surface area contributed by atoms with Crippen molar-refractivity contribution in [3.8, 4) is 11.5 Å². The molecule has 0 aliphatic heterocycles. The normalized spacial score (nSPS) is 11.1. The largest absolute Gasteiger partial charge is 0.493 e. The number of hydrogen-bond acceptors (Lipinski definition) is 6. The van der Waals surface area contributed by atoms with E-state index >= 15 is 0 Å². The van der Waals surface area contributed by atoms with E-state index in [-0.39, 0.29) is 36.6 Å². The maximum Gasteiger partial charge on any atom is 0.416 e. The van der Waals surface area contributed by atoms with Crippen LogP contribution in [0.15, 0.2) is 60.8 Å². The first-order valence-corrected chi connectivity index (χ1v) is 10.5. The van der Waals surface area contributed by atoms with E-state index in [4.69, 9.17) is 14.2 Å². The minimum absolute atomic E-state index is 0.0249. The lowest BCUT2D eigenvalue weighted by Crippen LogP contribution is -2.18. The maximum atomic E-state index is 12.9. The number of ether oxygens (including phenoxy) is 3. The van der Waals surface area contributed by atoms with Gasteiger partial charge in [-0.3, -0.25) is 9.59 Å². The summed E-state index contributed by atoms with van der Waals surface area (Å²) in [6.45, 7) is 0.149. The molecule has 0 saturated carbocycles. The monoisotopic (exact) mass is 488 g/mol. The second-order valence-electron chi connectivity index (χ2n) is 7.43. The summed E-state index contributed by atoms with van der Waals surface area (Å²) in [4.78, 5) is 28.9. The molecule has 0 fully saturated rings. The third-order valence-electron chi connectivity index (χ3n) is 4.90. The molecule has 35 heavy (non-hydrogen) atoms. The van der Waals surface area contributed by atoms with Crippen molar-refractivity contribution in [2.45, 2.75) is 19.0 Å². The zero-order valence-corrected chi connectivity index (χ0v) is 19.0. The predicted molar refractivity (Wildman–Crippen MR) is 122 cm³/mol. The van der Waals surface area contributed by atoms with Crippen molar-refractivity contribution in [2.24, 2.45) is 0 Å². The fourth-order valence-corrected chi connectivity index (χ4v) is 3.19. The van der Waals surface area contributed by atoms with Crippen molar-refractivity contribution in [2.75, 3.05) is 26.1 Å². The Morgan fingerprint density at radius 1 is 1.00 bits per heavy atom. The van der Waals surface area contributed by atoms with E-state index in [1.165, 1.54) is 32.5 Å². The molecule has 10 heteroatoms. The highest BCUT2D eigenvalue weighted by Crippen LogP contribution is 2.31. The average Bonchev–Trinajstić information content (AvgIpc) is 2.83. The highest BCUT2D eigenvalue weighted by atomic mass is 19.4. The Morgan fingerprint density at radius 2 is 1.74 bits per heavy atom. The van der Waals surface area contributed by atoms with Crippen LogP contribution in [0.3, 0.4) is 0 Å². The van der Waals surface area contributed by atoms with Gasteiger partial charge in [0.2, 0.25) is 5.75 Å². The summed E-state index contributed by atoms with van der Waals surface area (Å²) in [6, 6.07) is 13.2. The van der Waals surface area contributed by atoms with Crippen molar-refractivity contribution in [3.63, 3.8) is 0 Å². The zero-order chi connectivity index (χ0) is 25.4. The number of benzene rings is 2. The number of alkyl halides is 3. The molecule has 0 aliphatic rings. The Labute approximate surface area is 199 Å². The molecule has 0 atom stereocenters. The first-order chi connectivity index (χ1) is 16.7. The molecule has 0 aliphatic carbocycles. The van der Waals surface area contributed by atoms with E-state index in [9.17, 15) is 22.8 Å². The fourth-order valence-electron chi connectivity index (χ4n) is 3.19. The Morgan fingerprint density at radius 3 is 2.40 bits per heavy atom. The van der Waals surface area contributed by atoms with Crippen LogP contribution < -0.4 is 14.8 Å². The summed E-state index contributed by atoms with van der Waals surface area (Å²) in [5.41, 5.74) is 0.836. The standard InChI is InChI=1S/C25H23F3N2O5/c1-33-13-11-21(31)35-23-20(34-2)10-12-29-22(23)24(32)30-19-8-6-16(7-9-19)14-17-4-3-5-18(15-17)25(26,27)28/h3-10,12,15H,11,13-14H2,1-2H3,(H,30,32). The highest BCUT2D eigenvalue weighted by Gasteiger charge is 2.30. The molecule has 184 valence electrons. The molecule has 0 spiro atoms. The van der Waals surface area contributed by atoms with Crippen LogP contribution in [0.2, 0.25) is 0 Å². The number of esters is 1. The van der Waals surface area contributed by atoms with Crippen LogP contribution in [0.5, 0.6) is 11.5 Å². The maximum absolute atomic E-state index is 12.9. The molecule has 3 rings (SSSR count). The predicted octanol–water partition coefficient (Wildman–Crippen LogP) is 4.89. The number of pyridine rings is 1. The van der Waals surface area contributed by atoms with Gasteiger partial charge in [-0.05, 0) is 35.7 Å². The number of rotatable bonds is 9. The van der Waals surface area contributed by atoms with Gasteiger partial charge in [0.05, 0.1) is 25.7 Å². The van der Waals surface area contributed by atoms with Gasteiger partial charge in [-0.25, -0.2) is 4.98 Å². The number of nitrogens with one attached hydrogen (secondary N) is 1. The minimum atomic E-state index is -4.41. The first-order valence-electron chi connectivity index (χ1n) is 10.5. The van der Waals surface area contributed by atoms with Crippen LogP contribution >= 0.6 is 0 Å². The van der Waals surface area contributed by atoms with Crippen LogP contribution in [-0.4, -0.2) is 37.7 Å². The molecular weight excluding hydrogens is 465 g/mol. The molecular formula is C25H23F3N2O5. The summed E-state index contributed by atoms with van der Waals surface area (Å²) in [5.74, 6) is -1.21. The Hall–Kier alpha value is -3.92. The summed E-state index contributed by atoms with van der Waals surface area (Å²) < 4.78 is 54.2. The van der Waals surface area contributed by atoms with Gasteiger partial charge in [0.15, 0.2) is 11.4 Å². The lowest BCUT2D eigenvalue weighted by atomic mass is 10.0. The SMILES string of the molecule is COCCC(=O)Oc1c(OC)ccnc1C(=O)Nc1ccc(Cc2cccc(C(F)(F)F)c2)cc1. The van der Waals surface area contributed by atoms with Gasteiger partial charge in [0.25, 0.3) is 5.91 Å². The topological polar surface area (TPSA) is 86.8 Å². The van der Waals surface area contributed by atoms with Gasteiger partial charge in [0.1, 0.15) is 0 Å². The number of halogens is 3. The van der Waals surface area contributed by atoms with Crippen molar-refractivity contribution in [1.82, 2.24) is 4.98 Å². The van der Waals surface area contributed by atoms with E-state index in [0.29, 0.717) is 11.3 Å². The molecule has 3 aromatic rings. The lowest BCUT2D eigenvalue weighted by molar-refractivity contribution is -0.138. The first kappa shape index (κ1) is 25.7. The van der Waals surface area contributed by atoms with Gasteiger partial charge in [-0.1, -0.05) is 30.3 Å². The van der Waals surface area contributed by atoms with Crippen LogP contribution in [0, 0.1) is 0 Å². The Balaban J connectivity index is 1.72. The minimum Gasteiger partial charge on any atom is -0.493 e. The third-order valence-corrected chi connectivity index (χ3v) is 4.90. The number of hydrogen-bond donors (Lipinski definition) is 1. The fraction of sp³-hybridized carbons (Fsp3) is 0.240. The second kappa shape index (κ2) is 11.5. The average molecular weight is 488 g/mol. The van der Waals surface area contributed by atoms with Gasteiger partial charge < -0.3 is 19.5 Å². The van der Waals surface area contributed by atoms with Crippen LogP contribution in [-0.2, 0) is 22.1 Å². The molecule has 1 aromatic heterocycles. The third kappa shape index (κ3) is 7.03. The number of carbonyl (C=O) groups excluding carboxylic acids is 2. The lowest BCUT2D eigenvalue weighted by Gasteiger charge is -2.13. The van der Waals surface area contributed by atoms with E-state index in [1.807, 2.05) is 0 Å². The van der Waals surface area contributed by atoms with Crippen LogP contribution in [0.1, 0.15) is 33.6 Å². The molecule has 0 bridgehead atoms. The molecule has 0 radical (unpaired) electrons. The summed E-state index contributed by atoms with van der Waals surface area (Å²) in [7, 11) is 2.81. The Bertz CT molecular complexity index is 1180. The van der Waals surface area contributed by atoms with E-state index < -0.39 is 23.6 Å². The van der Waals surface area contributed by atoms with E-state index in [2.05, 4.69) is 10.3 Å². The van der Waals surface area contributed by atoms with Crippen LogP contribution in [0.4, 0.5) is 18.9 Å². The van der Waals surface area contributed by atoms with Gasteiger partial charge in [-0.15, -0.1) is 0 Å². The van der Waals surface area contributed by atoms with Crippen molar-refractivity contribution in [1.29, 1.82) is 0 Å². The summed E-state index contributed by atoms with van der Waals surface area (Å²) in [6.07, 6.45) is -2.80. The van der Waals surface area contributed by atoms with E-state index in [0.717, 1.165) is 17.7 Å². The van der Waals surface area contributed by atoms with Gasteiger partial charge in [-0.2, -0.15) is 13.2 Å². The second-order valence-corrected chi connectivity index (χ2v) is 7.43. The summed E-state index contributed by atoms with van der Waals surface area (Å²) >= 11 is 0. The zero-order valence-electron chi connectivity index (χ0n) is 19.0. The Kier molecular flexibility index (Phi) is 8.43. The van der Waals surface area contributed by atoms with Crippen molar-refractivity contribution >= 4 is 17.6 Å². The van der Waals surface area contributed by atoms with Gasteiger partial charge in [0, 0.05) is 25.1 Å². The van der Waals surface area contributed by atoms with Crippen LogP contribution in [0.25, 0.3) is 0 Å². The van der Waals surface area contributed by atoms with E-state index in [1.54, 1.807) is 30.3 Å². The number of anilines is 1. The summed E-state index contributed by atoms with van der Waals surface area (Å²) in [5, 5.41) is 2.66.